The first-order valence-electron chi connectivity index (χ1n) is 6.08. The molecule has 0 saturated heterocycles. The Morgan fingerprint density at radius 2 is 2.22 bits per heavy atom. The van der Waals surface area contributed by atoms with Gasteiger partial charge in [-0.25, -0.2) is 9.78 Å². The van der Waals surface area contributed by atoms with Crippen LogP contribution in [0.3, 0.4) is 0 Å². The summed E-state index contributed by atoms with van der Waals surface area (Å²) in [6.07, 6.45) is 2.89. The number of aliphatic hydroxyl groups is 1. The predicted octanol–water partition coefficient (Wildman–Crippen LogP) is 1.13. The molecular weight excluding hydrogens is 236 g/mol. The average Bonchev–Trinajstić information content (AvgIpc) is 3.04. The highest BCUT2D eigenvalue weighted by Gasteiger charge is 2.32. The monoisotopic (exact) mass is 254 g/mol. The Labute approximate surface area is 105 Å². The molecule has 2 N–H and O–H groups in total. The van der Waals surface area contributed by atoms with E-state index in [1.807, 2.05) is 4.57 Å². The van der Waals surface area contributed by atoms with Crippen LogP contribution >= 0.6 is 0 Å². The maximum absolute atomic E-state index is 11.3. The number of carboxylic acid groups (broad SMARTS) is 1. The standard InChI is InChI=1S/C12H18N2O4/c1-7(15)8(2)18-11(12(16)17)10-5-13-6-14(10)9-3-4-9/h5-9,11,15H,3-4H2,1-2H3,(H,16,17). The van der Waals surface area contributed by atoms with Gasteiger partial charge >= 0.3 is 5.97 Å². The highest BCUT2D eigenvalue weighted by Crippen LogP contribution is 2.37. The summed E-state index contributed by atoms with van der Waals surface area (Å²) in [6, 6.07) is 0.342. The van der Waals surface area contributed by atoms with Gasteiger partial charge in [0.05, 0.1) is 30.4 Å². The van der Waals surface area contributed by atoms with Crippen molar-refractivity contribution in [2.24, 2.45) is 0 Å². The third kappa shape index (κ3) is 2.70. The zero-order chi connectivity index (χ0) is 13.3. The first-order chi connectivity index (χ1) is 8.50. The minimum Gasteiger partial charge on any atom is -0.479 e. The molecule has 18 heavy (non-hydrogen) atoms. The SMILES string of the molecule is CC(O)C(C)OC(C(=O)O)c1cncn1C1CC1. The van der Waals surface area contributed by atoms with Gasteiger partial charge in [-0.15, -0.1) is 0 Å². The Morgan fingerprint density at radius 1 is 1.56 bits per heavy atom. The molecule has 1 aromatic rings. The molecule has 0 spiro atoms. The fraction of sp³-hybridized carbons (Fsp3) is 0.667. The number of aromatic nitrogens is 2. The van der Waals surface area contributed by atoms with E-state index in [0.29, 0.717) is 11.7 Å². The molecule has 3 atom stereocenters. The molecule has 1 fully saturated rings. The Hall–Kier alpha value is -1.40. The van der Waals surface area contributed by atoms with E-state index in [0.717, 1.165) is 12.8 Å². The molecule has 1 aromatic heterocycles. The van der Waals surface area contributed by atoms with Crippen molar-refractivity contribution < 1.29 is 19.7 Å². The molecule has 0 aliphatic heterocycles. The van der Waals surface area contributed by atoms with Crippen LogP contribution in [0.15, 0.2) is 12.5 Å². The van der Waals surface area contributed by atoms with Crippen molar-refractivity contribution >= 4 is 5.97 Å². The molecule has 0 aromatic carbocycles. The molecule has 1 aliphatic rings. The molecule has 0 bridgehead atoms. The Balaban J connectivity index is 2.18. The molecule has 3 unspecified atom stereocenters. The molecule has 2 rings (SSSR count). The van der Waals surface area contributed by atoms with E-state index < -0.39 is 24.3 Å². The number of rotatable bonds is 6. The van der Waals surface area contributed by atoms with E-state index in [1.165, 1.54) is 6.20 Å². The maximum atomic E-state index is 11.3. The molecule has 100 valence electrons. The fourth-order valence-corrected chi connectivity index (χ4v) is 1.76. The first kappa shape index (κ1) is 13.0. The number of aliphatic hydroxyl groups excluding tert-OH is 1. The van der Waals surface area contributed by atoms with Gasteiger partial charge in [0.15, 0.2) is 6.10 Å². The lowest BCUT2D eigenvalue weighted by atomic mass is 10.2. The molecule has 0 radical (unpaired) electrons. The Kier molecular flexibility index (Phi) is 3.68. The number of hydrogen-bond donors (Lipinski definition) is 2. The average molecular weight is 254 g/mol. The highest BCUT2D eigenvalue weighted by molar-refractivity contribution is 5.73. The molecule has 1 aliphatic carbocycles. The van der Waals surface area contributed by atoms with Crippen LogP contribution in [0.5, 0.6) is 0 Å². The van der Waals surface area contributed by atoms with Gasteiger partial charge < -0.3 is 19.5 Å². The molecule has 1 heterocycles. The molecule has 1 saturated carbocycles. The molecular formula is C12H18N2O4. The second-order valence-electron chi connectivity index (χ2n) is 4.76. The Morgan fingerprint density at radius 3 is 2.72 bits per heavy atom. The van der Waals surface area contributed by atoms with Crippen molar-refractivity contribution in [2.75, 3.05) is 0 Å². The van der Waals surface area contributed by atoms with E-state index in [-0.39, 0.29) is 0 Å². The van der Waals surface area contributed by atoms with E-state index in [9.17, 15) is 15.0 Å². The lowest BCUT2D eigenvalue weighted by Crippen LogP contribution is -2.29. The largest absolute Gasteiger partial charge is 0.479 e. The minimum atomic E-state index is -1.09. The normalized spacial score (nSPS) is 20.4. The summed E-state index contributed by atoms with van der Waals surface area (Å²) in [6.45, 7) is 3.22. The van der Waals surface area contributed by atoms with Crippen LogP contribution < -0.4 is 0 Å². The Bertz CT molecular complexity index is 425. The fourth-order valence-electron chi connectivity index (χ4n) is 1.76. The minimum absolute atomic E-state index is 0.342. The van der Waals surface area contributed by atoms with Crippen molar-refractivity contribution in [3.05, 3.63) is 18.2 Å². The highest BCUT2D eigenvalue weighted by atomic mass is 16.5. The van der Waals surface area contributed by atoms with Crippen molar-refractivity contribution in [1.29, 1.82) is 0 Å². The number of carboxylic acids is 1. The molecule has 0 amide bonds. The van der Waals surface area contributed by atoms with Crippen LogP contribution in [0.4, 0.5) is 0 Å². The number of carbonyl (C=O) groups is 1. The van der Waals surface area contributed by atoms with Crippen LogP contribution in [0.1, 0.15) is 44.5 Å². The number of aliphatic carboxylic acids is 1. The summed E-state index contributed by atoms with van der Waals surface area (Å²) in [5, 5.41) is 18.7. The van der Waals surface area contributed by atoms with Gasteiger partial charge in [-0.3, -0.25) is 0 Å². The van der Waals surface area contributed by atoms with Crippen LogP contribution in [-0.4, -0.2) is 37.9 Å². The van der Waals surface area contributed by atoms with E-state index in [2.05, 4.69) is 4.98 Å². The van der Waals surface area contributed by atoms with Crippen LogP contribution in [0.2, 0.25) is 0 Å². The van der Waals surface area contributed by atoms with Crippen molar-refractivity contribution in [3.8, 4) is 0 Å². The zero-order valence-electron chi connectivity index (χ0n) is 10.5. The lowest BCUT2D eigenvalue weighted by Gasteiger charge is -2.22. The second kappa shape index (κ2) is 5.07. The maximum Gasteiger partial charge on any atom is 0.339 e. The van der Waals surface area contributed by atoms with Gasteiger partial charge in [-0.1, -0.05) is 0 Å². The van der Waals surface area contributed by atoms with Crippen molar-refractivity contribution in [2.45, 2.75) is 51.0 Å². The van der Waals surface area contributed by atoms with Crippen molar-refractivity contribution in [1.82, 2.24) is 9.55 Å². The summed E-state index contributed by atoms with van der Waals surface area (Å²) in [7, 11) is 0. The smallest absolute Gasteiger partial charge is 0.339 e. The van der Waals surface area contributed by atoms with Crippen molar-refractivity contribution in [3.63, 3.8) is 0 Å². The van der Waals surface area contributed by atoms with Gasteiger partial charge in [-0.2, -0.15) is 0 Å². The predicted molar refractivity (Wildman–Crippen MR) is 63.1 cm³/mol. The van der Waals surface area contributed by atoms with Crippen LogP contribution in [0.25, 0.3) is 0 Å². The van der Waals surface area contributed by atoms with Crippen LogP contribution in [-0.2, 0) is 9.53 Å². The summed E-state index contributed by atoms with van der Waals surface area (Å²) < 4.78 is 7.28. The van der Waals surface area contributed by atoms with Gasteiger partial charge in [0.25, 0.3) is 0 Å². The summed E-state index contributed by atoms with van der Waals surface area (Å²) in [4.78, 5) is 15.3. The van der Waals surface area contributed by atoms with Gasteiger partial charge in [-0.05, 0) is 26.7 Å². The summed E-state index contributed by atoms with van der Waals surface area (Å²) in [5.74, 6) is -1.06. The lowest BCUT2D eigenvalue weighted by molar-refractivity contribution is -0.159. The number of ether oxygens (including phenoxy) is 1. The zero-order valence-corrected chi connectivity index (χ0v) is 10.5. The topological polar surface area (TPSA) is 84.6 Å². The molecule has 6 heteroatoms. The van der Waals surface area contributed by atoms with E-state index >= 15 is 0 Å². The van der Waals surface area contributed by atoms with Crippen LogP contribution in [0, 0.1) is 0 Å². The first-order valence-corrected chi connectivity index (χ1v) is 6.08. The number of imidazole rings is 1. The summed E-state index contributed by atoms with van der Waals surface area (Å²) in [5.41, 5.74) is 0.539. The second-order valence-corrected chi connectivity index (χ2v) is 4.76. The third-order valence-corrected chi connectivity index (χ3v) is 3.16. The number of nitrogens with zero attached hydrogens (tertiary/aromatic N) is 2. The third-order valence-electron chi connectivity index (χ3n) is 3.16. The van der Waals surface area contributed by atoms with Gasteiger partial charge in [0.1, 0.15) is 0 Å². The number of hydrogen-bond acceptors (Lipinski definition) is 4. The van der Waals surface area contributed by atoms with Gasteiger partial charge in [0, 0.05) is 6.04 Å². The molecule has 6 nitrogen and oxygen atoms in total. The van der Waals surface area contributed by atoms with E-state index in [1.54, 1.807) is 20.2 Å². The van der Waals surface area contributed by atoms with Gasteiger partial charge in [0.2, 0.25) is 0 Å². The quantitative estimate of drug-likeness (QED) is 0.795. The summed E-state index contributed by atoms with van der Waals surface area (Å²) >= 11 is 0. The van der Waals surface area contributed by atoms with E-state index in [4.69, 9.17) is 4.74 Å².